The van der Waals surface area contributed by atoms with Crippen LogP contribution in [0.1, 0.15) is 41.6 Å². The van der Waals surface area contributed by atoms with Crippen LogP contribution in [0.15, 0.2) is 34.7 Å². The van der Waals surface area contributed by atoms with Gasteiger partial charge in [0.25, 0.3) is 5.91 Å². The van der Waals surface area contributed by atoms with E-state index < -0.39 is 23.6 Å². The van der Waals surface area contributed by atoms with Crippen molar-refractivity contribution in [3.05, 3.63) is 40.8 Å². The van der Waals surface area contributed by atoms with Gasteiger partial charge in [0.1, 0.15) is 24.8 Å². The van der Waals surface area contributed by atoms with Crippen LogP contribution in [0.4, 0.5) is 0 Å². The van der Waals surface area contributed by atoms with Gasteiger partial charge in [0.2, 0.25) is 5.91 Å². The van der Waals surface area contributed by atoms with Gasteiger partial charge in [0.15, 0.2) is 11.0 Å². The molecule has 4 heterocycles. The van der Waals surface area contributed by atoms with Crippen LogP contribution in [0.5, 0.6) is 0 Å². The zero-order chi connectivity index (χ0) is 24.1. The predicted octanol–water partition coefficient (Wildman–Crippen LogP) is 2.48. The van der Waals surface area contributed by atoms with E-state index in [4.69, 9.17) is 16.3 Å². The number of aliphatic imine (C=N–C) groups is 1. The summed E-state index contributed by atoms with van der Waals surface area (Å²) in [5.41, 5.74) is 2.49. The number of amides is 2. The molecule has 1 saturated carbocycles. The first-order valence-electron chi connectivity index (χ1n) is 12.2. The molecule has 1 aromatic rings. The largest absolute Gasteiger partial charge is 0.366 e. The molecule has 5 aliphatic rings. The number of ketones is 1. The number of halogens is 1. The second-order valence-corrected chi connectivity index (χ2v) is 11.1. The Morgan fingerprint density at radius 2 is 2.09 bits per heavy atom. The highest BCUT2D eigenvalue weighted by Crippen LogP contribution is 2.36. The third-order valence-electron chi connectivity index (χ3n) is 7.62. The number of nitrogens with zero attached hydrogens (tertiary/aromatic N) is 3. The lowest BCUT2D eigenvalue weighted by Crippen LogP contribution is -2.54. The van der Waals surface area contributed by atoms with E-state index in [0.29, 0.717) is 5.56 Å². The number of ether oxygens (including phenoxy) is 1. The summed E-state index contributed by atoms with van der Waals surface area (Å²) in [5.74, 6) is -0.600. The molecule has 0 spiro atoms. The van der Waals surface area contributed by atoms with Gasteiger partial charge in [0, 0.05) is 24.1 Å². The maximum Gasteiger partial charge on any atom is 0.251 e. The highest BCUT2D eigenvalue weighted by Gasteiger charge is 2.53. The molecular weight excluding hydrogens is 488 g/mol. The molecule has 1 aromatic carbocycles. The summed E-state index contributed by atoms with van der Waals surface area (Å²) in [5, 5.41) is 5.67. The van der Waals surface area contributed by atoms with E-state index in [2.05, 4.69) is 20.6 Å². The summed E-state index contributed by atoms with van der Waals surface area (Å²) in [6, 6.07) is 6.14. The van der Waals surface area contributed by atoms with Crippen molar-refractivity contribution in [2.75, 3.05) is 26.2 Å². The zero-order valence-corrected chi connectivity index (χ0v) is 20.8. The molecule has 2 saturated heterocycles. The van der Waals surface area contributed by atoms with Crippen molar-refractivity contribution in [1.82, 2.24) is 15.1 Å². The van der Waals surface area contributed by atoms with E-state index in [9.17, 15) is 14.4 Å². The van der Waals surface area contributed by atoms with E-state index in [-0.39, 0.29) is 36.7 Å². The van der Waals surface area contributed by atoms with E-state index in [1.807, 2.05) is 18.2 Å². The van der Waals surface area contributed by atoms with E-state index in [1.165, 1.54) is 0 Å². The standard InChI is InChI=1S/C25H27ClN4O4S/c26-17-11-30(21-19(31)12-34-22(17)21)24(33)20(14-4-1-2-5-14)28-23(32)16-7-3-6-15(10-16)18-13-35-25-27-8-9-29(18)25/h3,6-7,10,13-14,17,20-22H,1-2,4-5,8-9,11-12H2,(H,28,32)/t17-,20-,21+,22+/m0/s1. The number of nitrogens with one attached hydrogen (secondary N) is 1. The molecule has 8 nitrogen and oxygen atoms in total. The summed E-state index contributed by atoms with van der Waals surface area (Å²) in [4.78, 5) is 47.8. The second kappa shape index (κ2) is 9.26. The minimum atomic E-state index is -0.691. The predicted molar refractivity (Wildman–Crippen MR) is 134 cm³/mol. The third-order valence-corrected chi connectivity index (χ3v) is 8.91. The van der Waals surface area contributed by atoms with Gasteiger partial charge >= 0.3 is 0 Å². The number of hydrogen-bond donors (Lipinski definition) is 1. The highest BCUT2D eigenvalue weighted by molar-refractivity contribution is 8.16. The van der Waals surface area contributed by atoms with Gasteiger partial charge < -0.3 is 19.9 Å². The van der Waals surface area contributed by atoms with Crippen LogP contribution < -0.4 is 5.32 Å². The first-order valence-corrected chi connectivity index (χ1v) is 13.5. The first kappa shape index (κ1) is 23.1. The smallest absolute Gasteiger partial charge is 0.251 e. The minimum absolute atomic E-state index is 0.0207. The van der Waals surface area contributed by atoms with Crippen LogP contribution in [0.2, 0.25) is 0 Å². The molecule has 0 aromatic heterocycles. The molecular formula is C25H27ClN4O4S. The van der Waals surface area contributed by atoms with E-state index in [0.717, 1.165) is 55.2 Å². The first-order chi connectivity index (χ1) is 17.0. The number of carbonyl (C=O) groups excluding carboxylic acids is 3. The quantitative estimate of drug-likeness (QED) is 0.607. The number of fused-ring (bicyclic) bond motifs is 2. The fourth-order valence-corrected chi connectivity index (χ4v) is 7.19. The molecule has 2 amide bonds. The summed E-state index contributed by atoms with van der Waals surface area (Å²) < 4.78 is 5.55. The Labute approximate surface area is 213 Å². The lowest BCUT2D eigenvalue weighted by Gasteiger charge is -2.30. The average molecular weight is 515 g/mol. The number of likely N-dealkylation sites (tertiary alicyclic amines) is 1. The normalized spacial score (nSPS) is 28.7. The van der Waals surface area contributed by atoms with Gasteiger partial charge in [0.05, 0.1) is 17.6 Å². The molecule has 4 aliphatic heterocycles. The van der Waals surface area contributed by atoms with Gasteiger partial charge in [-0.15, -0.1) is 11.6 Å². The van der Waals surface area contributed by atoms with E-state index >= 15 is 0 Å². The van der Waals surface area contributed by atoms with Crippen molar-refractivity contribution in [2.24, 2.45) is 10.9 Å². The van der Waals surface area contributed by atoms with Crippen molar-refractivity contribution < 1.29 is 19.1 Å². The molecule has 6 rings (SSSR count). The van der Waals surface area contributed by atoms with Gasteiger partial charge in [-0.3, -0.25) is 19.4 Å². The van der Waals surface area contributed by atoms with Crippen molar-refractivity contribution in [1.29, 1.82) is 0 Å². The SMILES string of the molecule is O=C(N[C@H](C(=O)N1C[C@H](Cl)[C@H]2OCC(=O)[C@H]21)C1CCCC1)c1cccc(C2=CSC3=NCCN23)c1. The lowest BCUT2D eigenvalue weighted by molar-refractivity contribution is -0.139. The number of carbonyl (C=O) groups is 3. The molecule has 10 heteroatoms. The van der Waals surface area contributed by atoms with Crippen LogP contribution in [0, 0.1) is 5.92 Å². The number of amidine groups is 1. The van der Waals surface area contributed by atoms with Crippen molar-refractivity contribution in [3.63, 3.8) is 0 Å². The summed E-state index contributed by atoms with van der Waals surface area (Å²) in [6.07, 6.45) is 3.32. The Morgan fingerprint density at radius 3 is 2.91 bits per heavy atom. The minimum Gasteiger partial charge on any atom is -0.366 e. The Morgan fingerprint density at radius 1 is 1.26 bits per heavy atom. The Hall–Kier alpha value is -2.36. The molecule has 3 fully saturated rings. The fourth-order valence-electron chi connectivity index (χ4n) is 5.87. The molecule has 0 radical (unpaired) electrons. The van der Waals surface area contributed by atoms with Gasteiger partial charge in [-0.05, 0) is 36.5 Å². The van der Waals surface area contributed by atoms with Crippen molar-refractivity contribution in [2.45, 2.75) is 49.2 Å². The van der Waals surface area contributed by atoms with Crippen molar-refractivity contribution >= 4 is 51.8 Å². The second-order valence-electron chi connectivity index (χ2n) is 9.71. The molecule has 1 N–H and O–H groups in total. The lowest BCUT2D eigenvalue weighted by atomic mass is 9.95. The maximum absolute atomic E-state index is 13.7. The topological polar surface area (TPSA) is 91.3 Å². The maximum atomic E-state index is 13.7. The fraction of sp³-hybridized carbons (Fsp3) is 0.520. The third kappa shape index (κ3) is 4.07. The van der Waals surface area contributed by atoms with Crippen LogP contribution in [0.3, 0.4) is 0 Å². The number of thioether (sulfide) groups is 1. The van der Waals surface area contributed by atoms with Gasteiger partial charge in [-0.1, -0.05) is 36.7 Å². The molecule has 1 aliphatic carbocycles. The number of Topliss-reactive ketones (excluding diaryl/α,β-unsaturated/α-hetero) is 1. The number of rotatable bonds is 5. The van der Waals surface area contributed by atoms with Crippen molar-refractivity contribution in [3.8, 4) is 0 Å². The number of hydrogen-bond acceptors (Lipinski definition) is 7. The summed E-state index contributed by atoms with van der Waals surface area (Å²) >= 11 is 8.02. The average Bonchev–Trinajstić information content (AvgIpc) is 3.66. The van der Waals surface area contributed by atoms with Gasteiger partial charge in [-0.2, -0.15) is 0 Å². The van der Waals surface area contributed by atoms with Crippen LogP contribution in [-0.2, 0) is 14.3 Å². The summed E-state index contributed by atoms with van der Waals surface area (Å²) in [6.45, 7) is 1.85. The molecule has 0 bridgehead atoms. The summed E-state index contributed by atoms with van der Waals surface area (Å²) in [7, 11) is 0. The monoisotopic (exact) mass is 514 g/mol. The Bertz CT molecular complexity index is 1130. The van der Waals surface area contributed by atoms with Gasteiger partial charge in [-0.25, -0.2) is 0 Å². The molecule has 184 valence electrons. The Balaban J connectivity index is 1.23. The molecule has 35 heavy (non-hydrogen) atoms. The van der Waals surface area contributed by atoms with E-state index in [1.54, 1.807) is 22.7 Å². The highest BCUT2D eigenvalue weighted by atomic mass is 35.5. The molecule has 0 unspecified atom stereocenters. The van der Waals surface area contributed by atoms with Crippen LogP contribution in [-0.4, -0.2) is 82.4 Å². The number of benzene rings is 1. The van der Waals surface area contributed by atoms with Crippen LogP contribution >= 0.6 is 23.4 Å². The van der Waals surface area contributed by atoms with Crippen LogP contribution in [0.25, 0.3) is 5.70 Å². The Kier molecular flexibility index (Phi) is 6.10. The molecule has 4 atom stereocenters. The zero-order valence-electron chi connectivity index (χ0n) is 19.2. The number of alkyl halides is 1.